The zero-order valence-corrected chi connectivity index (χ0v) is 12.8. The molecule has 2 fully saturated rings. The molecule has 0 aromatic carbocycles. The number of nitrogens with zero attached hydrogens (tertiary/aromatic N) is 1. The fourth-order valence-electron chi connectivity index (χ4n) is 3.27. The molecule has 1 atom stereocenters. The van der Waals surface area contributed by atoms with Gasteiger partial charge in [-0.15, -0.1) is 12.4 Å². The van der Waals surface area contributed by atoms with Gasteiger partial charge in [0.2, 0.25) is 5.91 Å². The van der Waals surface area contributed by atoms with Gasteiger partial charge in [-0.1, -0.05) is 19.3 Å². The van der Waals surface area contributed by atoms with Gasteiger partial charge < -0.3 is 10.6 Å². The Hall–Kier alpha value is -0.320. The second-order valence-electron chi connectivity index (χ2n) is 5.73. The van der Waals surface area contributed by atoms with Crippen molar-refractivity contribution in [3.05, 3.63) is 0 Å². The predicted molar refractivity (Wildman–Crippen MR) is 80.8 cm³/mol. The number of halogens is 1. The van der Waals surface area contributed by atoms with E-state index in [-0.39, 0.29) is 18.3 Å². The average molecular weight is 290 g/mol. The van der Waals surface area contributed by atoms with Crippen LogP contribution in [0.15, 0.2) is 0 Å². The van der Waals surface area contributed by atoms with Crippen molar-refractivity contribution in [3.8, 4) is 0 Å². The summed E-state index contributed by atoms with van der Waals surface area (Å²) in [5.74, 6) is 0.227. The first-order valence-corrected chi connectivity index (χ1v) is 7.47. The second-order valence-corrected chi connectivity index (χ2v) is 5.73. The van der Waals surface area contributed by atoms with Crippen molar-refractivity contribution in [1.82, 2.24) is 15.5 Å². The highest BCUT2D eigenvalue weighted by molar-refractivity contribution is 5.85. The van der Waals surface area contributed by atoms with Gasteiger partial charge in [0.1, 0.15) is 0 Å². The van der Waals surface area contributed by atoms with E-state index in [4.69, 9.17) is 0 Å². The number of hydrogen-bond donors (Lipinski definition) is 2. The summed E-state index contributed by atoms with van der Waals surface area (Å²) in [4.78, 5) is 14.4. The molecular formula is C14H28ClN3O. The summed E-state index contributed by atoms with van der Waals surface area (Å²) >= 11 is 0. The molecule has 1 heterocycles. The second kappa shape index (κ2) is 8.77. The van der Waals surface area contributed by atoms with Gasteiger partial charge in [0, 0.05) is 18.6 Å². The molecule has 0 aromatic heterocycles. The number of carbonyl (C=O) groups is 1. The van der Waals surface area contributed by atoms with E-state index in [2.05, 4.69) is 15.5 Å². The summed E-state index contributed by atoms with van der Waals surface area (Å²) in [6.45, 7) is 2.66. The van der Waals surface area contributed by atoms with E-state index in [1.54, 1.807) is 0 Å². The normalized spacial score (nSPS) is 25.0. The Morgan fingerprint density at radius 3 is 2.58 bits per heavy atom. The zero-order valence-electron chi connectivity index (χ0n) is 12.0. The third-order valence-corrected chi connectivity index (χ3v) is 4.26. The number of carbonyl (C=O) groups excluding carboxylic acids is 1. The fraction of sp³-hybridized carbons (Fsp3) is 0.929. The van der Waals surface area contributed by atoms with Gasteiger partial charge in [-0.05, 0) is 39.3 Å². The lowest BCUT2D eigenvalue weighted by atomic mass is 9.95. The molecule has 19 heavy (non-hydrogen) atoms. The molecule has 1 amide bonds. The van der Waals surface area contributed by atoms with Crippen molar-refractivity contribution in [2.24, 2.45) is 0 Å². The Bertz CT molecular complexity index is 269. The highest BCUT2D eigenvalue weighted by Crippen LogP contribution is 2.18. The maximum Gasteiger partial charge on any atom is 0.234 e. The lowest BCUT2D eigenvalue weighted by Crippen LogP contribution is -2.46. The molecule has 1 saturated heterocycles. The summed E-state index contributed by atoms with van der Waals surface area (Å²) in [6.07, 6.45) is 8.68. The molecule has 1 aliphatic heterocycles. The van der Waals surface area contributed by atoms with Crippen LogP contribution in [-0.2, 0) is 4.79 Å². The minimum atomic E-state index is 0. The molecule has 1 unspecified atom stereocenters. The van der Waals surface area contributed by atoms with E-state index in [0.29, 0.717) is 18.6 Å². The predicted octanol–water partition coefficient (Wildman–Crippen LogP) is 1.54. The van der Waals surface area contributed by atoms with Gasteiger partial charge in [-0.2, -0.15) is 0 Å². The van der Waals surface area contributed by atoms with E-state index in [9.17, 15) is 4.79 Å². The quantitative estimate of drug-likeness (QED) is 0.807. The monoisotopic (exact) mass is 289 g/mol. The van der Waals surface area contributed by atoms with Crippen LogP contribution in [0.2, 0.25) is 0 Å². The first-order valence-electron chi connectivity index (χ1n) is 7.47. The number of nitrogens with one attached hydrogen (secondary N) is 2. The highest BCUT2D eigenvalue weighted by atomic mass is 35.5. The first-order chi connectivity index (χ1) is 8.79. The number of amides is 1. The molecule has 0 spiro atoms. The van der Waals surface area contributed by atoms with Crippen LogP contribution in [0, 0.1) is 0 Å². The Labute approximate surface area is 123 Å². The third kappa shape index (κ3) is 5.28. The van der Waals surface area contributed by atoms with Crippen LogP contribution >= 0.6 is 12.4 Å². The number of rotatable bonds is 5. The van der Waals surface area contributed by atoms with E-state index in [1.807, 2.05) is 7.05 Å². The van der Waals surface area contributed by atoms with Gasteiger partial charge >= 0.3 is 0 Å². The summed E-state index contributed by atoms with van der Waals surface area (Å²) in [7, 11) is 1.98. The minimum Gasteiger partial charge on any atom is -0.352 e. The molecule has 2 N–H and O–H groups in total. The van der Waals surface area contributed by atoms with E-state index >= 15 is 0 Å². The maximum atomic E-state index is 12.0. The summed E-state index contributed by atoms with van der Waals surface area (Å²) in [5, 5.41) is 6.43. The minimum absolute atomic E-state index is 0. The summed E-state index contributed by atoms with van der Waals surface area (Å²) < 4.78 is 0. The van der Waals surface area contributed by atoms with Crippen molar-refractivity contribution in [1.29, 1.82) is 0 Å². The van der Waals surface area contributed by atoms with Crippen molar-refractivity contribution < 1.29 is 4.79 Å². The molecule has 0 bridgehead atoms. The Morgan fingerprint density at radius 1 is 1.16 bits per heavy atom. The lowest BCUT2D eigenvalue weighted by molar-refractivity contribution is -0.123. The SMILES string of the molecule is CNCC1CCCN1CC(=O)NC1CCCCC1.Cl. The molecule has 1 aliphatic carbocycles. The van der Waals surface area contributed by atoms with Crippen LogP contribution < -0.4 is 10.6 Å². The van der Waals surface area contributed by atoms with Crippen LogP contribution in [0.4, 0.5) is 0 Å². The van der Waals surface area contributed by atoms with Crippen LogP contribution in [0.3, 0.4) is 0 Å². The molecule has 2 rings (SSSR count). The Morgan fingerprint density at radius 2 is 1.89 bits per heavy atom. The first kappa shape index (κ1) is 16.7. The largest absolute Gasteiger partial charge is 0.352 e. The lowest BCUT2D eigenvalue weighted by Gasteiger charge is -2.27. The standard InChI is InChI=1S/C14H27N3O.ClH/c1-15-10-13-8-5-9-17(13)11-14(18)16-12-6-3-2-4-7-12;/h12-13,15H,2-11H2,1H3,(H,16,18);1H. The number of likely N-dealkylation sites (tertiary alicyclic amines) is 1. The highest BCUT2D eigenvalue weighted by Gasteiger charge is 2.26. The van der Waals surface area contributed by atoms with E-state index in [0.717, 1.165) is 13.1 Å². The maximum absolute atomic E-state index is 12.0. The van der Waals surface area contributed by atoms with E-state index in [1.165, 1.54) is 44.9 Å². The van der Waals surface area contributed by atoms with Crippen LogP contribution in [0.1, 0.15) is 44.9 Å². The molecule has 1 saturated carbocycles. The van der Waals surface area contributed by atoms with Crippen LogP contribution in [0.5, 0.6) is 0 Å². The van der Waals surface area contributed by atoms with Crippen LogP contribution in [-0.4, -0.2) is 49.6 Å². The number of hydrogen-bond acceptors (Lipinski definition) is 3. The van der Waals surface area contributed by atoms with Gasteiger partial charge in [-0.3, -0.25) is 9.69 Å². The average Bonchev–Trinajstić information content (AvgIpc) is 2.78. The van der Waals surface area contributed by atoms with Gasteiger partial charge in [-0.25, -0.2) is 0 Å². The van der Waals surface area contributed by atoms with Crippen molar-refractivity contribution in [2.75, 3.05) is 26.7 Å². The van der Waals surface area contributed by atoms with E-state index < -0.39 is 0 Å². The molecule has 4 nitrogen and oxygen atoms in total. The third-order valence-electron chi connectivity index (χ3n) is 4.26. The van der Waals surface area contributed by atoms with Gasteiger partial charge in [0.25, 0.3) is 0 Å². The summed E-state index contributed by atoms with van der Waals surface area (Å²) in [6, 6.07) is 0.990. The zero-order chi connectivity index (χ0) is 12.8. The molecular weight excluding hydrogens is 262 g/mol. The van der Waals surface area contributed by atoms with Crippen molar-refractivity contribution >= 4 is 18.3 Å². The van der Waals surface area contributed by atoms with Crippen molar-refractivity contribution in [3.63, 3.8) is 0 Å². The molecule has 0 aromatic rings. The fourth-order valence-corrected chi connectivity index (χ4v) is 3.27. The number of likely N-dealkylation sites (N-methyl/N-ethyl adjacent to an activating group) is 1. The smallest absolute Gasteiger partial charge is 0.234 e. The van der Waals surface area contributed by atoms with Crippen molar-refractivity contribution in [2.45, 2.75) is 57.0 Å². The molecule has 2 aliphatic rings. The topological polar surface area (TPSA) is 44.4 Å². The molecule has 112 valence electrons. The summed E-state index contributed by atoms with van der Waals surface area (Å²) in [5.41, 5.74) is 0. The Kier molecular flexibility index (Phi) is 7.73. The molecule has 5 heteroatoms. The molecule has 0 radical (unpaired) electrons. The van der Waals surface area contributed by atoms with Gasteiger partial charge in [0.15, 0.2) is 0 Å². The van der Waals surface area contributed by atoms with Crippen LogP contribution in [0.25, 0.3) is 0 Å². The van der Waals surface area contributed by atoms with Gasteiger partial charge in [0.05, 0.1) is 6.54 Å². The Balaban J connectivity index is 0.00000180.